The number of unbranched alkanes of at least 4 members (excludes halogenated alkanes) is 20. The van der Waals surface area contributed by atoms with E-state index in [0.717, 1.165) is 44.9 Å². The van der Waals surface area contributed by atoms with Crippen LogP contribution in [0.4, 0.5) is 0 Å². The number of aliphatic hydroxyl groups excluding tert-OH is 1. The van der Waals surface area contributed by atoms with Gasteiger partial charge in [-0.15, -0.1) is 0 Å². The summed E-state index contributed by atoms with van der Waals surface area (Å²) in [6, 6.07) is 0. The Morgan fingerprint density at radius 3 is 1.44 bits per heavy atom. The van der Waals surface area contributed by atoms with Gasteiger partial charge in [0.15, 0.2) is 0 Å². The molecule has 0 bridgehead atoms. The fourth-order valence-corrected chi connectivity index (χ4v) is 4.84. The molecular formula is C36H66O3. The molecule has 0 aliphatic carbocycles. The minimum Gasteiger partial charge on any atom is -0.466 e. The van der Waals surface area contributed by atoms with Gasteiger partial charge in [-0.1, -0.05) is 153 Å². The first-order chi connectivity index (χ1) is 19.3. The summed E-state index contributed by atoms with van der Waals surface area (Å²) < 4.78 is 5.42. The highest BCUT2D eigenvalue weighted by Gasteiger charge is 2.02. The lowest BCUT2D eigenvalue weighted by Crippen LogP contribution is -2.05. The highest BCUT2D eigenvalue weighted by molar-refractivity contribution is 5.69. The molecule has 0 spiro atoms. The lowest BCUT2D eigenvalue weighted by molar-refractivity contribution is -0.143. The second-order valence-electron chi connectivity index (χ2n) is 11.2. The summed E-state index contributed by atoms with van der Waals surface area (Å²) in [5.41, 5.74) is 0. The number of hydrogen-bond donors (Lipinski definition) is 1. The number of aliphatic hydroxyl groups is 1. The van der Waals surface area contributed by atoms with E-state index in [2.05, 4.69) is 43.4 Å². The first kappa shape index (κ1) is 37.6. The third-order valence-electron chi connectivity index (χ3n) is 7.35. The molecule has 0 aromatic carbocycles. The molecule has 3 heteroatoms. The molecule has 0 amide bonds. The maximum atomic E-state index is 11.9. The monoisotopic (exact) mass is 547 g/mol. The molecule has 0 heterocycles. The predicted molar refractivity (Wildman–Crippen MR) is 171 cm³/mol. The molecule has 0 aliphatic rings. The van der Waals surface area contributed by atoms with Crippen molar-refractivity contribution in [3.05, 3.63) is 36.5 Å². The third kappa shape index (κ3) is 34.6. The van der Waals surface area contributed by atoms with Crippen molar-refractivity contribution in [2.75, 3.05) is 13.2 Å². The topological polar surface area (TPSA) is 46.5 Å². The number of hydrogen-bond acceptors (Lipinski definition) is 3. The van der Waals surface area contributed by atoms with Crippen molar-refractivity contribution in [2.24, 2.45) is 0 Å². The smallest absolute Gasteiger partial charge is 0.305 e. The molecule has 0 unspecified atom stereocenters. The van der Waals surface area contributed by atoms with E-state index in [9.17, 15) is 4.79 Å². The highest BCUT2D eigenvalue weighted by Crippen LogP contribution is 2.14. The minimum absolute atomic E-state index is 0.00197. The molecule has 0 saturated heterocycles. The Kier molecular flexibility index (Phi) is 33.5. The fourth-order valence-electron chi connectivity index (χ4n) is 4.84. The van der Waals surface area contributed by atoms with Crippen molar-refractivity contribution in [1.29, 1.82) is 0 Å². The molecule has 0 atom stereocenters. The zero-order chi connectivity index (χ0) is 28.3. The summed E-state index contributed by atoms with van der Waals surface area (Å²) >= 11 is 0. The number of esters is 1. The molecule has 228 valence electrons. The Balaban J connectivity index is 3.22. The zero-order valence-electron chi connectivity index (χ0n) is 26.0. The quantitative estimate of drug-likeness (QED) is 0.0534. The van der Waals surface area contributed by atoms with Gasteiger partial charge in [0.1, 0.15) is 0 Å². The predicted octanol–water partition coefficient (Wildman–Crippen LogP) is 11.4. The van der Waals surface area contributed by atoms with Gasteiger partial charge in [0.2, 0.25) is 0 Å². The van der Waals surface area contributed by atoms with Crippen LogP contribution < -0.4 is 0 Å². The van der Waals surface area contributed by atoms with Gasteiger partial charge in [-0.2, -0.15) is 0 Å². The lowest BCUT2D eigenvalue weighted by atomic mass is 10.0. The molecule has 0 rings (SSSR count). The van der Waals surface area contributed by atoms with Gasteiger partial charge < -0.3 is 9.84 Å². The van der Waals surface area contributed by atoms with E-state index >= 15 is 0 Å². The average Bonchev–Trinajstić information content (AvgIpc) is 2.94. The molecule has 0 aliphatic heterocycles. The first-order valence-electron chi connectivity index (χ1n) is 17.0. The van der Waals surface area contributed by atoms with Gasteiger partial charge in [0.25, 0.3) is 0 Å². The number of carbonyl (C=O) groups excluding carboxylic acids is 1. The second-order valence-corrected chi connectivity index (χ2v) is 11.2. The molecule has 0 aromatic heterocycles. The van der Waals surface area contributed by atoms with Crippen LogP contribution in [-0.4, -0.2) is 24.3 Å². The van der Waals surface area contributed by atoms with Gasteiger partial charge in [-0.05, 0) is 51.4 Å². The van der Waals surface area contributed by atoms with Crippen molar-refractivity contribution in [2.45, 2.75) is 174 Å². The van der Waals surface area contributed by atoms with Crippen LogP contribution in [0.5, 0.6) is 0 Å². The van der Waals surface area contributed by atoms with Gasteiger partial charge >= 0.3 is 5.97 Å². The van der Waals surface area contributed by atoms with Gasteiger partial charge in [0, 0.05) is 13.0 Å². The third-order valence-corrected chi connectivity index (χ3v) is 7.35. The van der Waals surface area contributed by atoms with Crippen LogP contribution in [0.15, 0.2) is 36.5 Å². The van der Waals surface area contributed by atoms with Crippen LogP contribution in [0, 0.1) is 0 Å². The average molecular weight is 547 g/mol. The van der Waals surface area contributed by atoms with Crippen LogP contribution in [0.2, 0.25) is 0 Å². The largest absolute Gasteiger partial charge is 0.466 e. The lowest BCUT2D eigenvalue weighted by Gasteiger charge is -2.05. The van der Waals surface area contributed by atoms with Crippen molar-refractivity contribution in [1.82, 2.24) is 0 Å². The van der Waals surface area contributed by atoms with Gasteiger partial charge in [-0.3, -0.25) is 4.79 Å². The summed E-state index contributed by atoms with van der Waals surface area (Å²) in [4.78, 5) is 11.9. The molecule has 0 radical (unpaired) electrons. The van der Waals surface area contributed by atoms with E-state index in [1.807, 2.05) is 0 Å². The van der Waals surface area contributed by atoms with E-state index in [1.165, 1.54) is 116 Å². The molecule has 39 heavy (non-hydrogen) atoms. The molecule has 0 fully saturated rings. The summed E-state index contributed by atoms with van der Waals surface area (Å²) in [5, 5.41) is 8.77. The Hall–Kier alpha value is -1.35. The molecule has 3 nitrogen and oxygen atoms in total. The molecule has 0 saturated carbocycles. The summed E-state index contributed by atoms with van der Waals surface area (Å²) in [6.07, 6.45) is 44.9. The van der Waals surface area contributed by atoms with Crippen LogP contribution in [-0.2, 0) is 9.53 Å². The summed E-state index contributed by atoms with van der Waals surface area (Å²) in [6.45, 7) is 3.13. The van der Waals surface area contributed by atoms with Crippen LogP contribution in [0.3, 0.4) is 0 Å². The standard InChI is InChI=1S/C36H66O3/c1-2-3-4-5-6-7-8-9-12-15-18-21-24-27-30-33-36(38)39-35-32-29-26-23-20-17-14-11-10-13-16-19-22-25-28-31-34-37/h3-4,6-7,9,12,37H,2,5,8,10-11,13-35H2,1H3/b4-3-,7-6-,12-9-. The Bertz CT molecular complexity index is 564. The molecule has 1 N–H and O–H groups in total. The Morgan fingerprint density at radius 1 is 0.513 bits per heavy atom. The SMILES string of the molecule is CC/C=C\C/C=C\C/C=C\CCCCCCCC(=O)OCCCCCCCCCCCCCCCCCCO. The second kappa shape index (κ2) is 34.7. The van der Waals surface area contributed by atoms with Crippen molar-refractivity contribution < 1.29 is 14.6 Å². The molecular weight excluding hydrogens is 480 g/mol. The van der Waals surface area contributed by atoms with Crippen LogP contribution >= 0.6 is 0 Å². The van der Waals surface area contributed by atoms with Crippen molar-refractivity contribution in [3.63, 3.8) is 0 Å². The number of carbonyl (C=O) groups is 1. The summed E-state index contributed by atoms with van der Waals surface area (Å²) in [5.74, 6) is -0.00197. The minimum atomic E-state index is -0.00197. The van der Waals surface area contributed by atoms with Crippen molar-refractivity contribution >= 4 is 5.97 Å². The Morgan fingerprint density at radius 2 is 0.923 bits per heavy atom. The molecule has 0 aromatic rings. The highest BCUT2D eigenvalue weighted by atomic mass is 16.5. The zero-order valence-corrected chi connectivity index (χ0v) is 26.0. The van der Waals surface area contributed by atoms with Crippen LogP contribution in [0.25, 0.3) is 0 Å². The van der Waals surface area contributed by atoms with Gasteiger partial charge in [-0.25, -0.2) is 0 Å². The number of ether oxygens (including phenoxy) is 1. The van der Waals surface area contributed by atoms with Crippen LogP contribution in [0.1, 0.15) is 174 Å². The van der Waals surface area contributed by atoms with E-state index in [0.29, 0.717) is 19.6 Å². The maximum Gasteiger partial charge on any atom is 0.305 e. The van der Waals surface area contributed by atoms with Crippen molar-refractivity contribution in [3.8, 4) is 0 Å². The van der Waals surface area contributed by atoms with E-state index in [-0.39, 0.29) is 5.97 Å². The number of allylic oxidation sites excluding steroid dienone is 6. The van der Waals surface area contributed by atoms with Gasteiger partial charge in [0.05, 0.1) is 6.61 Å². The number of rotatable bonds is 31. The maximum absolute atomic E-state index is 11.9. The van der Waals surface area contributed by atoms with E-state index in [1.54, 1.807) is 0 Å². The fraction of sp³-hybridized carbons (Fsp3) is 0.806. The normalized spacial score (nSPS) is 11.9. The Labute approximate surface area is 244 Å². The summed E-state index contributed by atoms with van der Waals surface area (Å²) in [7, 11) is 0. The first-order valence-corrected chi connectivity index (χ1v) is 17.0. The van der Waals surface area contributed by atoms with E-state index in [4.69, 9.17) is 9.84 Å². The van der Waals surface area contributed by atoms with E-state index < -0.39 is 0 Å².